The van der Waals surface area contributed by atoms with Gasteiger partial charge >= 0.3 is 0 Å². The van der Waals surface area contributed by atoms with Crippen LogP contribution in [0.4, 0.5) is 0 Å². The van der Waals surface area contributed by atoms with Gasteiger partial charge in [0, 0.05) is 18.7 Å². The van der Waals surface area contributed by atoms with Crippen molar-refractivity contribution in [1.29, 1.82) is 0 Å². The quantitative estimate of drug-likeness (QED) is 0.734. The lowest BCUT2D eigenvalue weighted by Crippen LogP contribution is -2.40. The lowest BCUT2D eigenvalue weighted by Gasteiger charge is -2.25. The SMILES string of the molecule is CC(C)CC(C)NC(C)C1CCOC1. The van der Waals surface area contributed by atoms with Crippen molar-refractivity contribution >= 4 is 0 Å². The van der Waals surface area contributed by atoms with E-state index in [0.717, 1.165) is 25.0 Å². The minimum absolute atomic E-state index is 0.603. The summed E-state index contributed by atoms with van der Waals surface area (Å²) in [6.07, 6.45) is 2.49. The molecule has 14 heavy (non-hydrogen) atoms. The molecular formula is C12H25NO. The van der Waals surface area contributed by atoms with Crippen LogP contribution in [-0.4, -0.2) is 25.3 Å². The van der Waals surface area contributed by atoms with E-state index in [1.165, 1.54) is 12.8 Å². The van der Waals surface area contributed by atoms with Crippen molar-refractivity contribution in [2.75, 3.05) is 13.2 Å². The summed E-state index contributed by atoms with van der Waals surface area (Å²) in [5.74, 6) is 1.51. The van der Waals surface area contributed by atoms with Gasteiger partial charge in [0.05, 0.1) is 6.61 Å². The van der Waals surface area contributed by atoms with Gasteiger partial charge in [-0.3, -0.25) is 0 Å². The predicted molar refractivity (Wildman–Crippen MR) is 60.4 cm³/mol. The van der Waals surface area contributed by atoms with Gasteiger partial charge in [0.25, 0.3) is 0 Å². The molecule has 2 heteroatoms. The van der Waals surface area contributed by atoms with Crippen molar-refractivity contribution in [3.05, 3.63) is 0 Å². The molecule has 0 bridgehead atoms. The minimum Gasteiger partial charge on any atom is -0.381 e. The maximum Gasteiger partial charge on any atom is 0.0509 e. The molecule has 0 aliphatic carbocycles. The first-order valence-electron chi connectivity index (χ1n) is 5.93. The van der Waals surface area contributed by atoms with Gasteiger partial charge < -0.3 is 10.1 Å². The Kier molecular flexibility index (Phi) is 4.90. The number of nitrogens with one attached hydrogen (secondary N) is 1. The molecule has 1 aliphatic rings. The maximum absolute atomic E-state index is 5.40. The molecule has 0 saturated carbocycles. The first kappa shape index (κ1) is 12.0. The Bertz CT molecular complexity index is 152. The second-order valence-corrected chi connectivity index (χ2v) is 5.11. The summed E-state index contributed by atoms with van der Waals surface area (Å²) < 4.78 is 5.40. The third kappa shape index (κ3) is 3.97. The normalized spacial score (nSPS) is 26.8. The molecule has 1 aliphatic heterocycles. The Morgan fingerprint density at radius 3 is 2.50 bits per heavy atom. The summed E-state index contributed by atoms with van der Waals surface area (Å²) >= 11 is 0. The second-order valence-electron chi connectivity index (χ2n) is 5.11. The van der Waals surface area contributed by atoms with Crippen LogP contribution in [0.15, 0.2) is 0 Å². The van der Waals surface area contributed by atoms with E-state index in [9.17, 15) is 0 Å². The van der Waals surface area contributed by atoms with Crippen molar-refractivity contribution in [2.24, 2.45) is 11.8 Å². The molecule has 3 atom stereocenters. The zero-order valence-corrected chi connectivity index (χ0v) is 10.0. The zero-order valence-electron chi connectivity index (χ0n) is 10.0. The number of hydrogen-bond donors (Lipinski definition) is 1. The first-order chi connectivity index (χ1) is 6.59. The Hall–Kier alpha value is -0.0800. The number of hydrogen-bond acceptors (Lipinski definition) is 2. The lowest BCUT2D eigenvalue weighted by molar-refractivity contribution is 0.176. The van der Waals surface area contributed by atoms with Crippen LogP contribution < -0.4 is 5.32 Å². The smallest absolute Gasteiger partial charge is 0.0509 e. The van der Waals surface area contributed by atoms with Gasteiger partial charge in [-0.05, 0) is 38.5 Å². The van der Waals surface area contributed by atoms with Gasteiger partial charge in [0.2, 0.25) is 0 Å². The van der Waals surface area contributed by atoms with Gasteiger partial charge in [-0.2, -0.15) is 0 Å². The summed E-state index contributed by atoms with van der Waals surface area (Å²) in [5.41, 5.74) is 0. The van der Waals surface area contributed by atoms with E-state index in [0.29, 0.717) is 12.1 Å². The molecule has 84 valence electrons. The molecule has 0 radical (unpaired) electrons. The third-order valence-electron chi connectivity index (χ3n) is 3.04. The van der Waals surface area contributed by atoms with E-state index in [1.54, 1.807) is 0 Å². The van der Waals surface area contributed by atoms with Crippen LogP contribution in [0.25, 0.3) is 0 Å². The van der Waals surface area contributed by atoms with Gasteiger partial charge in [-0.15, -0.1) is 0 Å². The summed E-state index contributed by atoms with van der Waals surface area (Å²) in [6.45, 7) is 11.0. The van der Waals surface area contributed by atoms with Crippen LogP contribution in [0.5, 0.6) is 0 Å². The molecular weight excluding hydrogens is 174 g/mol. The molecule has 2 nitrogen and oxygen atoms in total. The average molecular weight is 199 g/mol. The molecule has 0 aromatic rings. The fraction of sp³-hybridized carbons (Fsp3) is 1.00. The van der Waals surface area contributed by atoms with Crippen molar-refractivity contribution in [1.82, 2.24) is 5.32 Å². The van der Waals surface area contributed by atoms with E-state index < -0.39 is 0 Å². The third-order valence-corrected chi connectivity index (χ3v) is 3.04. The van der Waals surface area contributed by atoms with Crippen LogP contribution in [-0.2, 0) is 4.74 Å². The van der Waals surface area contributed by atoms with E-state index in [4.69, 9.17) is 4.74 Å². The highest BCUT2D eigenvalue weighted by Crippen LogP contribution is 2.17. The molecule has 0 spiro atoms. The topological polar surface area (TPSA) is 21.3 Å². The Morgan fingerprint density at radius 1 is 1.29 bits per heavy atom. The molecule has 1 heterocycles. The highest BCUT2D eigenvalue weighted by Gasteiger charge is 2.23. The molecule has 3 unspecified atom stereocenters. The molecule has 1 rings (SSSR count). The monoisotopic (exact) mass is 199 g/mol. The predicted octanol–water partition coefficient (Wildman–Crippen LogP) is 2.44. The van der Waals surface area contributed by atoms with Crippen LogP contribution in [0.3, 0.4) is 0 Å². The van der Waals surface area contributed by atoms with Gasteiger partial charge in [-0.1, -0.05) is 13.8 Å². The van der Waals surface area contributed by atoms with Crippen molar-refractivity contribution in [3.63, 3.8) is 0 Å². The van der Waals surface area contributed by atoms with Crippen LogP contribution in [0.2, 0.25) is 0 Å². The average Bonchev–Trinajstić information content (AvgIpc) is 2.53. The molecule has 1 saturated heterocycles. The Balaban J connectivity index is 2.21. The Morgan fingerprint density at radius 2 is 2.00 bits per heavy atom. The van der Waals surface area contributed by atoms with Crippen molar-refractivity contribution < 1.29 is 4.74 Å². The number of ether oxygens (including phenoxy) is 1. The highest BCUT2D eigenvalue weighted by atomic mass is 16.5. The fourth-order valence-corrected chi connectivity index (χ4v) is 2.31. The van der Waals surface area contributed by atoms with E-state index in [1.807, 2.05) is 0 Å². The highest BCUT2D eigenvalue weighted by molar-refractivity contribution is 4.78. The second kappa shape index (κ2) is 5.72. The van der Waals surface area contributed by atoms with Crippen LogP contribution in [0, 0.1) is 11.8 Å². The van der Waals surface area contributed by atoms with E-state index >= 15 is 0 Å². The largest absolute Gasteiger partial charge is 0.381 e. The standard InChI is InChI=1S/C12H25NO/c1-9(2)7-10(3)13-11(4)12-5-6-14-8-12/h9-13H,5-8H2,1-4H3. The molecule has 1 N–H and O–H groups in total. The van der Waals surface area contributed by atoms with Crippen LogP contribution in [0.1, 0.15) is 40.5 Å². The van der Waals surface area contributed by atoms with E-state index in [-0.39, 0.29) is 0 Å². The summed E-state index contributed by atoms with van der Waals surface area (Å²) in [4.78, 5) is 0. The van der Waals surface area contributed by atoms with E-state index in [2.05, 4.69) is 33.0 Å². The lowest BCUT2D eigenvalue weighted by atomic mass is 9.98. The van der Waals surface area contributed by atoms with Gasteiger partial charge in [-0.25, -0.2) is 0 Å². The minimum atomic E-state index is 0.603. The number of rotatable bonds is 5. The zero-order chi connectivity index (χ0) is 10.6. The molecule has 1 fully saturated rings. The molecule has 0 amide bonds. The molecule has 0 aromatic carbocycles. The maximum atomic E-state index is 5.40. The Labute approximate surface area is 88.4 Å². The van der Waals surface area contributed by atoms with Gasteiger partial charge in [0.15, 0.2) is 0 Å². The summed E-state index contributed by atoms with van der Waals surface area (Å²) in [5, 5.41) is 3.67. The van der Waals surface area contributed by atoms with Gasteiger partial charge in [0.1, 0.15) is 0 Å². The summed E-state index contributed by atoms with van der Waals surface area (Å²) in [6, 6.07) is 1.23. The van der Waals surface area contributed by atoms with Crippen molar-refractivity contribution in [3.8, 4) is 0 Å². The molecule has 0 aromatic heterocycles. The summed E-state index contributed by atoms with van der Waals surface area (Å²) in [7, 11) is 0. The first-order valence-corrected chi connectivity index (χ1v) is 5.93. The fourth-order valence-electron chi connectivity index (χ4n) is 2.31. The van der Waals surface area contributed by atoms with Crippen molar-refractivity contribution in [2.45, 2.75) is 52.6 Å². The van der Waals surface area contributed by atoms with Crippen LogP contribution >= 0.6 is 0 Å².